The van der Waals surface area contributed by atoms with E-state index in [0.29, 0.717) is 24.3 Å². The van der Waals surface area contributed by atoms with Gasteiger partial charge in [-0.3, -0.25) is 9.48 Å². The number of nitrogens with zero attached hydrogens (tertiary/aromatic N) is 2. The molecule has 0 radical (unpaired) electrons. The number of phenolic OH excluding ortho intramolecular Hbond substituents is 1. The molecular formula is C19H26N4O3. The number of phenols is 1. The predicted molar refractivity (Wildman–Crippen MR) is 98.4 cm³/mol. The lowest BCUT2D eigenvalue weighted by molar-refractivity contribution is 0.0148. The zero-order valence-corrected chi connectivity index (χ0v) is 15.2. The van der Waals surface area contributed by atoms with E-state index in [2.05, 4.69) is 29.6 Å². The molecule has 1 aromatic heterocycles. The Labute approximate surface area is 152 Å². The number of ether oxygens (including phenoxy) is 1. The normalized spacial score (nSPS) is 26.6. The van der Waals surface area contributed by atoms with Crippen molar-refractivity contribution >= 4 is 16.8 Å². The van der Waals surface area contributed by atoms with Crippen LogP contribution >= 0.6 is 0 Å². The van der Waals surface area contributed by atoms with Crippen molar-refractivity contribution in [2.24, 2.45) is 0 Å². The van der Waals surface area contributed by atoms with Crippen LogP contribution < -0.4 is 10.6 Å². The summed E-state index contributed by atoms with van der Waals surface area (Å²) in [5.74, 6) is -0.123. The third-order valence-electron chi connectivity index (χ3n) is 5.52. The quantitative estimate of drug-likeness (QED) is 0.778. The molecule has 1 amide bonds. The zero-order valence-electron chi connectivity index (χ0n) is 15.2. The lowest BCUT2D eigenvalue weighted by atomic mass is 9.92. The van der Waals surface area contributed by atoms with Crippen LogP contribution in [0.1, 0.15) is 49.6 Å². The molecule has 7 heteroatoms. The molecule has 2 bridgehead atoms. The topological polar surface area (TPSA) is 88.4 Å². The highest BCUT2D eigenvalue weighted by molar-refractivity contribution is 6.07. The number of rotatable bonds is 4. The Bertz CT molecular complexity index is 806. The Kier molecular flexibility index (Phi) is 4.58. The van der Waals surface area contributed by atoms with Crippen molar-refractivity contribution < 1.29 is 14.6 Å². The first-order valence-corrected chi connectivity index (χ1v) is 9.41. The molecule has 0 spiro atoms. The largest absolute Gasteiger partial charge is 0.507 e. The van der Waals surface area contributed by atoms with Crippen LogP contribution in [0.4, 0.5) is 0 Å². The lowest BCUT2D eigenvalue weighted by Gasteiger charge is -2.40. The minimum atomic E-state index is -0.218. The molecule has 1 unspecified atom stereocenters. The van der Waals surface area contributed by atoms with Gasteiger partial charge in [-0.05, 0) is 38.3 Å². The highest BCUT2D eigenvalue weighted by Crippen LogP contribution is 2.30. The molecule has 1 aromatic carbocycles. The summed E-state index contributed by atoms with van der Waals surface area (Å²) >= 11 is 0. The number of benzene rings is 1. The van der Waals surface area contributed by atoms with Gasteiger partial charge in [-0.1, -0.05) is 13.0 Å². The molecule has 0 saturated carbocycles. The second-order valence-corrected chi connectivity index (χ2v) is 7.46. The first kappa shape index (κ1) is 17.3. The Hall–Kier alpha value is -2.12. The van der Waals surface area contributed by atoms with Gasteiger partial charge in [0.05, 0.1) is 24.1 Å². The molecule has 2 aliphatic rings. The van der Waals surface area contributed by atoms with Gasteiger partial charge in [-0.25, -0.2) is 0 Å². The number of piperidine rings is 1. The summed E-state index contributed by atoms with van der Waals surface area (Å²) in [4.78, 5) is 13.0. The molecule has 0 aliphatic carbocycles. The van der Waals surface area contributed by atoms with Crippen LogP contribution in [0.5, 0.6) is 5.75 Å². The maximum Gasteiger partial charge on any atom is 0.272 e. The second kappa shape index (κ2) is 6.89. The van der Waals surface area contributed by atoms with E-state index in [1.54, 1.807) is 12.1 Å². The number of aromatic hydroxyl groups is 1. The van der Waals surface area contributed by atoms with Gasteiger partial charge >= 0.3 is 0 Å². The van der Waals surface area contributed by atoms with Crippen LogP contribution in [0.15, 0.2) is 18.2 Å². The number of nitrogens with one attached hydrogen (secondary N) is 2. The average molecular weight is 358 g/mol. The Morgan fingerprint density at radius 2 is 2.15 bits per heavy atom. The minimum absolute atomic E-state index is 0.0947. The zero-order chi connectivity index (χ0) is 18.3. The van der Waals surface area contributed by atoms with Gasteiger partial charge < -0.3 is 20.5 Å². The fourth-order valence-electron chi connectivity index (χ4n) is 4.05. The number of morpholine rings is 1. The van der Waals surface area contributed by atoms with Crippen molar-refractivity contribution in [3.8, 4) is 5.75 Å². The predicted octanol–water partition coefficient (Wildman–Crippen LogP) is 1.96. The van der Waals surface area contributed by atoms with Crippen LogP contribution in [-0.2, 0) is 4.74 Å². The van der Waals surface area contributed by atoms with E-state index in [1.807, 2.05) is 10.7 Å². The summed E-state index contributed by atoms with van der Waals surface area (Å²) in [6, 6.07) is 6.11. The van der Waals surface area contributed by atoms with Gasteiger partial charge in [0.15, 0.2) is 5.69 Å². The average Bonchev–Trinajstić information content (AvgIpc) is 3.02. The molecule has 3 heterocycles. The van der Waals surface area contributed by atoms with E-state index in [4.69, 9.17) is 4.74 Å². The summed E-state index contributed by atoms with van der Waals surface area (Å²) < 4.78 is 7.41. The Morgan fingerprint density at radius 1 is 1.42 bits per heavy atom. The molecule has 2 saturated heterocycles. The van der Waals surface area contributed by atoms with Crippen LogP contribution in [0.25, 0.3) is 10.9 Å². The Balaban J connectivity index is 1.62. The molecule has 140 valence electrons. The van der Waals surface area contributed by atoms with E-state index in [-0.39, 0.29) is 35.8 Å². The van der Waals surface area contributed by atoms with Crippen LogP contribution in [0.2, 0.25) is 0 Å². The van der Waals surface area contributed by atoms with Crippen molar-refractivity contribution in [2.75, 3.05) is 13.2 Å². The van der Waals surface area contributed by atoms with Crippen molar-refractivity contribution in [1.82, 2.24) is 20.4 Å². The first-order valence-electron chi connectivity index (χ1n) is 9.41. The van der Waals surface area contributed by atoms with Gasteiger partial charge in [0.1, 0.15) is 5.75 Å². The Morgan fingerprint density at radius 3 is 2.85 bits per heavy atom. The first-order chi connectivity index (χ1) is 12.6. The maximum absolute atomic E-state index is 13.0. The summed E-state index contributed by atoms with van der Waals surface area (Å²) in [5, 5.41) is 22.1. The fraction of sp³-hybridized carbons (Fsp3) is 0.579. The lowest BCUT2D eigenvalue weighted by Crippen LogP contribution is -2.58. The third kappa shape index (κ3) is 3.05. The molecule has 2 aliphatic heterocycles. The van der Waals surface area contributed by atoms with E-state index in [0.717, 1.165) is 24.8 Å². The highest BCUT2D eigenvalue weighted by atomic mass is 16.5. The SMILES string of the molecule is CCC(C)n1nc(C(=O)NC2C[C@H]3COC[C@H](C2)N3)c2c(O)cccc21. The van der Waals surface area contributed by atoms with Crippen LogP contribution in [0, 0.1) is 0 Å². The number of carbonyl (C=O) groups is 1. The van der Waals surface area contributed by atoms with Gasteiger partial charge in [-0.2, -0.15) is 5.10 Å². The van der Waals surface area contributed by atoms with E-state index < -0.39 is 0 Å². The number of aromatic nitrogens is 2. The number of fused-ring (bicyclic) bond motifs is 3. The maximum atomic E-state index is 13.0. The molecular weight excluding hydrogens is 332 g/mol. The number of carbonyl (C=O) groups excluding carboxylic acids is 1. The monoisotopic (exact) mass is 358 g/mol. The molecule has 7 nitrogen and oxygen atoms in total. The summed E-state index contributed by atoms with van der Waals surface area (Å²) in [7, 11) is 0. The summed E-state index contributed by atoms with van der Waals surface area (Å²) in [5.41, 5.74) is 1.10. The van der Waals surface area contributed by atoms with E-state index in [1.165, 1.54) is 0 Å². The van der Waals surface area contributed by atoms with Crippen molar-refractivity contribution in [3.63, 3.8) is 0 Å². The smallest absolute Gasteiger partial charge is 0.272 e. The highest BCUT2D eigenvalue weighted by Gasteiger charge is 2.33. The fourth-order valence-corrected chi connectivity index (χ4v) is 4.05. The molecule has 3 N–H and O–H groups in total. The van der Waals surface area contributed by atoms with Gasteiger partial charge in [0.25, 0.3) is 5.91 Å². The van der Waals surface area contributed by atoms with Gasteiger partial charge in [0.2, 0.25) is 0 Å². The van der Waals surface area contributed by atoms with Crippen LogP contribution in [0.3, 0.4) is 0 Å². The standard InChI is InChI=1S/C19H26N4O3/c1-3-11(2)23-15-5-4-6-16(24)17(15)18(22-23)19(25)21-12-7-13-9-26-10-14(8-12)20-13/h4-6,11-14,20,24H,3,7-10H2,1-2H3,(H,21,25)/t11?,13-,14-/m0/s1. The number of hydrogen-bond donors (Lipinski definition) is 3. The van der Waals surface area contributed by atoms with E-state index in [9.17, 15) is 9.90 Å². The van der Waals surface area contributed by atoms with Crippen LogP contribution in [-0.4, -0.2) is 52.1 Å². The molecule has 4 rings (SSSR count). The van der Waals surface area contributed by atoms with Crippen molar-refractivity contribution in [1.29, 1.82) is 0 Å². The summed E-state index contributed by atoms with van der Waals surface area (Å²) in [6.07, 6.45) is 2.58. The van der Waals surface area contributed by atoms with Gasteiger partial charge in [0, 0.05) is 24.2 Å². The number of amides is 1. The van der Waals surface area contributed by atoms with E-state index >= 15 is 0 Å². The molecule has 2 aromatic rings. The second-order valence-electron chi connectivity index (χ2n) is 7.46. The van der Waals surface area contributed by atoms with Crippen molar-refractivity contribution in [3.05, 3.63) is 23.9 Å². The van der Waals surface area contributed by atoms with Gasteiger partial charge in [-0.15, -0.1) is 0 Å². The molecule has 3 atom stereocenters. The molecule has 26 heavy (non-hydrogen) atoms. The minimum Gasteiger partial charge on any atom is -0.507 e. The van der Waals surface area contributed by atoms with Crippen molar-refractivity contribution in [2.45, 2.75) is 57.3 Å². The molecule has 2 fully saturated rings. The third-order valence-corrected chi connectivity index (χ3v) is 5.52. The summed E-state index contributed by atoms with van der Waals surface area (Å²) in [6.45, 7) is 5.52. The number of hydrogen-bond acceptors (Lipinski definition) is 5.